The van der Waals surface area contributed by atoms with Crippen LogP contribution in [0.4, 0.5) is 10.5 Å². The molecule has 8 heteroatoms. The smallest absolute Gasteiger partial charge is 0.420 e. The number of carbonyl (C=O) groups is 1. The minimum atomic E-state index is -0.596. The highest BCUT2D eigenvalue weighted by atomic mass is 127. The molecule has 0 bridgehead atoms. The lowest BCUT2D eigenvalue weighted by Gasteiger charge is -2.37. The van der Waals surface area contributed by atoms with E-state index in [1.807, 2.05) is 32.9 Å². The third kappa shape index (κ3) is 6.14. The second kappa shape index (κ2) is 9.09. The monoisotopic (exact) mass is 590 g/mol. The van der Waals surface area contributed by atoms with Crippen molar-refractivity contribution in [2.75, 3.05) is 31.2 Å². The number of rotatable bonds is 3. The number of halogens is 3. The minimum absolute atomic E-state index is 0.429. The summed E-state index contributed by atoms with van der Waals surface area (Å²) in [7, 11) is 0. The van der Waals surface area contributed by atoms with Crippen LogP contribution in [0.2, 0.25) is 5.02 Å². The first kappa shape index (κ1) is 21.0. The molecule has 2 rings (SSSR count). The Kier molecular flexibility index (Phi) is 7.66. The van der Waals surface area contributed by atoms with Crippen LogP contribution in [0.1, 0.15) is 20.8 Å². The van der Waals surface area contributed by atoms with Crippen LogP contribution in [0.3, 0.4) is 0 Å². The second-order valence-electron chi connectivity index (χ2n) is 6.48. The molecule has 1 aliphatic heterocycles. The lowest BCUT2D eigenvalue weighted by atomic mass is 10.2. The number of carbonyl (C=O) groups excluding carboxylic acids is 1. The third-order valence-corrected chi connectivity index (χ3v) is 4.53. The number of morpholine rings is 1. The summed E-state index contributed by atoms with van der Waals surface area (Å²) in [4.78, 5) is 16.8. The van der Waals surface area contributed by atoms with Crippen molar-refractivity contribution in [3.63, 3.8) is 0 Å². The van der Waals surface area contributed by atoms with Crippen molar-refractivity contribution >= 4 is 68.6 Å². The summed E-state index contributed by atoms with van der Waals surface area (Å²) in [5, 5.41) is 0.566. The van der Waals surface area contributed by atoms with Crippen molar-refractivity contribution in [3.05, 3.63) is 36.7 Å². The maximum atomic E-state index is 13.0. The number of amides is 1. The van der Waals surface area contributed by atoms with Crippen molar-refractivity contribution in [1.29, 1.82) is 0 Å². The van der Waals surface area contributed by atoms with Gasteiger partial charge in [0.15, 0.2) is 0 Å². The number of hydrogen-bond acceptors (Lipinski definition) is 4. The summed E-state index contributed by atoms with van der Waals surface area (Å²) in [6.45, 7) is 8.25. The average molecular weight is 591 g/mol. The van der Waals surface area contributed by atoms with Crippen LogP contribution in [0.15, 0.2) is 31.7 Å². The fourth-order valence-corrected chi connectivity index (χ4v) is 3.71. The summed E-state index contributed by atoms with van der Waals surface area (Å²) in [6, 6.07) is 7.23. The van der Waals surface area contributed by atoms with E-state index in [4.69, 9.17) is 21.1 Å². The van der Waals surface area contributed by atoms with Gasteiger partial charge in [-0.3, -0.25) is 0 Å². The average Bonchev–Trinajstić information content (AvgIpc) is 2.51. The molecule has 0 saturated carbocycles. The zero-order chi connectivity index (χ0) is 18.6. The van der Waals surface area contributed by atoms with Crippen molar-refractivity contribution < 1.29 is 14.3 Å². The number of benzene rings is 1. The van der Waals surface area contributed by atoms with Crippen LogP contribution < -0.4 is 4.90 Å². The second-order valence-corrected chi connectivity index (χ2v) is 11.1. The van der Waals surface area contributed by atoms with Gasteiger partial charge >= 0.3 is 6.09 Å². The van der Waals surface area contributed by atoms with E-state index in [0.717, 1.165) is 7.41 Å². The molecule has 138 valence electrons. The molecule has 1 aliphatic rings. The predicted octanol–water partition coefficient (Wildman–Crippen LogP) is 5.41. The van der Waals surface area contributed by atoms with Crippen LogP contribution >= 0.6 is 56.8 Å². The van der Waals surface area contributed by atoms with E-state index in [1.165, 1.54) is 0 Å². The molecule has 1 saturated heterocycles. The van der Waals surface area contributed by atoms with Gasteiger partial charge < -0.3 is 14.4 Å². The summed E-state index contributed by atoms with van der Waals surface area (Å²) in [5.74, 6) is 0.793. The van der Waals surface area contributed by atoms with Gasteiger partial charge in [-0.1, -0.05) is 17.7 Å². The van der Waals surface area contributed by atoms with Gasteiger partial charge in [0.2, 0.25) is 0 Å². The molecule has 0 aliphatic carbocycles. The zero-order valence-corrected chi connectivity index (χ0v) is 19.5. The molecule has 0 spiro atoms. The zero-order valence-electron chi connectivity index (χ0n) is 14.4. The highest BCUT2D eigenvalue weighted by Crippen LogP contribution is 2.33. The normalized spacial score (nSPS) is 14.9. The van der Waals surface area contributed by atoms with Crippen molar-refractivity contribution in [2.45, 2.75) is 26.4 Å². The van der Waals surface area contributed by atoms with Gasteiger partial charge in [0.1, 0.15) is 11.4 Å². The number of anilines is 1. The van der Waals surface area contributed by atoms with E-state index >= 15 is 0 Å². The lowest BCUT2D eigenvalue weighted by molar-refractivity contribution is 0.0445. The Bertz CT molecular complexity index is 652. The standard InChI is InChI=1S/C17H21ClI2N2O3/c1-17(2,3)25-16(23)22(13-6-4-5-12(18)11-13)15(14(19)20)21-7-9-24-10-8-21/h4-6,11H,7-10H2,1-3H3. The molecule has 1 heterocycles. The van der Waals surface area contributed by atoms with E-state index in [0.29, 0.717) is 37.0 Å². The van der Waals surface area contributed by atoms with E-state index in [9.17, 15) is 4.79 Å². The first-order valence-electron chi connectivity index (χ1n) is 7.85. The van der Waals surface area contributed by atoms with Gasteiger partial charge in [0, 0.05) is 18.1 Å². The first-order valence-corrected chi connectivity index (χ1v) is 10.4. The van der Waals surface area contributed by atoms with Crippen LogP contribution in [0.5, 0.6) is 0 Å². The predicted molar refractivity (Wildman–Crippen MR) is 118 cm³/mol. The number of nitrogens with zero attached hydrogens (tertiary/aromatic N) is 2. The Morgan fingerprint density at radius 2 is 1.92 bits per heavy atom. The van der Waals surface area contributed by atoms with Crippen molar-refractivity contribution in [3.8, 4) is 0 Å². The number of ether oxygens (including phenoxy) is 2. The van der Waals surface area contributed by atoms with Crippen LogP contribution in [0, 0.1) is 0 Å². The quantitative estimate of drug-likeness (QED) is 0.442. The lowest BCUT2D eigenvalue weighted by Crippen LogP contribution is -2.46. The number of hydrogen-bond donors (Lipinski definition) is 0. The topological polar surface area (TPSA) is 42.0 Å². The molecule has 1 fully saturated rings. The van der Waals surface area contributed by atoms with Crippen molar-refractivity contribution in [2.24, 2.45) is 0 Å². The molecule has 1 amide bonds. The SMILES string of the molecule is CC(C)(C)OC(=O)N(C(=C(I)I)N1CCOCC1)c1cccc(Cl)c1. The van der Waals surface area contributed by atoms with E-state index in [1.54, 1.807) is 17.0 Å². The Hall–Kier alpha value is -0.260. The Labute approximate surface area is 180 Å². The molecule has 25 heavy (non-hydrogen) atoms. The minimum Gasteiger partial charge on any atom is -0.443 e. The van der Waals surface area contributed by atoms with Gasteiger partial charge in [0.05, 0.1) is 20.5 Å². The highest BCUT2D eigenvalue weighted by Gasteiger charge is 2.31. The molecule has 1 aromatic carbocycles. The first-order chi connectivity index (χ1) is 11.7. The largest absolute Gasteiger partial charge is 0.443 e. The summed E-state index contributed by atoms with van der Waals surface area (Å²) in [6.07, 6.45) is -0.429. The molecule has 0 radical (unpaired) electrons. The molecule has 0 N–H and O–H groups in total. The Morgan fingerprint density at radius 3 is 2.44 bits per heavy atom. The van der Waals surface area contributed by atoms with E-state index in [-0.39, 0.29) is 0 Å². The Balaban J connectivity index is 2.48. The maximum absolute atomic E-state index is 13.0. The summed E-state index contributed by atoms with van der Waals surface area (Å²) in [5.41, 5.74) is 0.0786. The molecule has 1 aromatic rings. The summed E-state index contributed by atoms with van der Waals surface area (Å²) >= 11 is 10.6. The van der Waals surface area contributed by atoms with Crippen LogP contribution in [0.25, 0.3) is 0 Å². The summed E-state index contributed by atoms with van der Waals surface area (Å²) < 4.78 is 12.1. The molecule has 5 nitrogen and oxygen atoms in total. The van der Waals surface area contributed by atoms with Gasteiger partial charge in [-0.25, -0.2) is 9.69 Å². The molecule has 0 aromatic heterocycles. The molecule has 0 atom stereocenters. The molecular formula is C17H21ClI2N2O3. The van der Waals surface area contributed by atoms with Gasteiger partial charge in [-0.15, -0.1) is 0 Å². The molecule has 0 unspecified atom stereocenters. The highest BCUT2D eigenvalue weighted by molar-refractivity contribution is 14.2. The maximum Gasteiger partial charge on any atom is 0.420 e. The van der Waals surface area contributed by atoms with Gasteiger partial charge in [-0.2, -0.15) is 0 Å². The van der Waals surface area contributed by atoms with Crippen molar-refractivity contribution in [1.82, 2.24) is 4.90 Å². The van der Waals surface area contributed by atoms with Crippen LogP contribution in [-0.4, -0.2) is 42.9 Å². The van der Waals surface area contributed by atoms with E-state index < -0.39 is 11.7 Å². The fourth-order valence-electron chi connectivity index (χ4n) is 2.36. The fraction of sp³-hybridized carbons (Fsp3) is 0.471. The van der Waals surface area contributed by atoms with Gasteiger partial charge in [0.25, 0.3) is 0 Å². The van der Waals surface area contributed by atoms with E-state index in [2.05, 4.69) is 50.1 Å². The third-order valence-electron chi connectivity index (χ3n) is 3.33. The Morgan fingerprint density at radius 1 is 1.28 bits per heavy atom. The van der Waals surface area contributed by atoms with Gasteiger partial charge in [-0.05, 0) is 84.2 Å². The van der Waals surface area contributed by atoms with Crippen LogP contribution in [-0.2, 0) is 9.47 Å². The molecular weight excluding hydrogens is 569 g/mol.